The maximum atomic E-state index is 5.65. The highest BCUT2D eigenvalue weighted by Gasteiger charge is 2.62. The standard InChI is InChI=1S/C9H13N/c10-4-7-8-5-1-2-6(3-5)9(7)8/h1-2,5-9H,3-4,10H2. The average molecular weight is 135 g/mol. The number of allylic oxidation sites excluding steroid dienone is 2. The van der Waals surface area contributed by atoms with E-state index in [2.05, 4.69) is 12.2 Å². The molecule has 1 nitrogen and oxygen atoms in total. The van der Waals surface area contributed by atoms with E-state index in [1.54, 1.807) is 0 Å². The van der Waals surface area contributed by atoms with E-state index in [0.29, 0.717) is 0 Å². The van der Waals surface area contributed by atoms with E-state index in [9.17, 15) is 0 Å². The molecule has 3 aliphatic rings. The lowest BCUT2D eigenvalue weighted by Crippen LogP contribution is -2.09. The Kier molecular flexibility index (Phi) is 0.791. The number of hydrogen-bond acceptors (Lipinski definition) is 1. The summed E-state index contributed by atoms with van der Waals surface area (Å²) in [5.41, 5.74) is 5.65. The van der Waals surface area contributed by atoms with E-state index in [0.717, 1.165) is 36.1 Å². The molecule has 0 radical (unpaired) electrons. The molecule has 0 aliphatic heterocycles. The van der Waals surface area contributed by atoms with Crippen LogP contribution in [-0.2, 0) is 0 Å². The fourth-order valence-electron chi connectivity index (χ4n) is 3.28. The van der Waals surface area contributed by atoms with Crippen LogP contribution in [0.25, 0.3) is 0 Å². The van der Waals surface area contributed by atoms with Crippen LogP contribution in [0.5, 0.6) is 0 Å². The second kappa shape index (κ2) is 1.48. The number of rotatable bonds is 1. The molecule has 0 spiro atoms. The summed E-state index contributed by atoms with van der Waals surface area (Å²) >= 11 is 0. The fourth-order valence-corrected chi connectivity index (χ4v) is 3.28. The van der Waals surface area contributed by atoms with Crippen molar-refractivity contribution in [3.05, 3.63) is 12.2 Å². The molecule has 2 saturated carbocycles. The van der Waals surface area contributed by atoms with Crippen molar-refractivity contribution in [3.63, 3.8) is 0 Å². The van der Waals surface area contributed by atoms with E-state index in [1.807, 2.05) is 0 Å². The van der Waals surface area contributed by atoms with Gasteiger partial charge in [0.25, 0.3) is 0 Å². The highest BCUT2D eigenvalue weighted by Crippen LogP contribution is 2.66. The van der Waals surface area contributed by atoms with E-state index in [1.165, 1.54) is 6.42 Å². The molecular weight excluding hydrogens is 122 g/mol. The molecule has 0 aromatic rings. The first-order valence-electron chi connectivity index (χ1n) is 4.30. The van der Waals surface area contributed by atoms with Gasteiger partial charge in [-0.05, 0) is 42.6 Å². The van der Waals surface area contributed by atoms with E-state index in [-0.39, 0.29) is 0 Å². The molecule has 0 aromatic heterocycles. The lowest BCUT2D eigenvalue weighted by molar-refractivity contribution is 0.491. The largest absolute Gasteiger partial charge is 0.330 e. The van der Waals surface area contributed by atoms with Gasteiger partial charge in [0.15, 0.2) is 0 Å². The van der Waals surface area contributed by atoms with Crippen molar-refractivity contribution in [2.45, 2.75) is 6.42 Å². The third-order valence-electron chi connectivity index (χ3n) is 3.70. The number of fused-ring (bicyclic) bond motifs is 5. The Morgan fingerprint density at radius 2 is 1.80 bits per heavy atom. The third kappa shape index (κ3) is 0.420. The van der Waals surface area contributed by atoms with Crippen molar-refractivity contribution in [1.29, 1.82) is 0 Å². The van der Waals surface area contributed by atoms with Crippen molar-refractivity contribution in [2.24, 2.45) is 35.3 Å². The first-order valence-corrected chi connectivity index (χ1v) is 4.30. The van der Waals surface area contributed by atoms with E-state index < -0.39 is 0 Å². The van der Waals surface area contributed by atoms with Gasteiger partial charge in [-0.2, -0.15) is 0 Å². The lowest BCUT2D eigenvalue weighted by atomic mass is 10.0. The summed E-state index contributed by atoms with van der Waals surface area (Å²) in [5.74, 6) is 4.80. The minimum absolute atomic E-state index is 0.902. The van der Waals surface area contributed by atoms with Crippen LogP contribution in [0, 0.1) is 29.6 Å². The number of hydrogen-bond donors (Lipinski definition) is 1. The van der Waals surface area contributed by atoms with Crippen LogP contribution in [0.15, 0.2) is 12.2 Å². The topological polar surface area (TPSA) is 26.0 Å². The van der Waals surface area contributed by atoms with Gasteiger partial charge in [0.1, 0.15) is 0 Å². The molecule has 4 atom stereocenters. The summed E-state index contributed by atoms with van der Waals surface area (Å²) in [7, 11) is 0. The molecule has 1 heteroatoms. The first-order chi connectivity index (χ1) is 4.92. The Bertz CT molecular complexity index is 179. The fraction of sp³-hybridized carbons (Fsp3) is 0.778. The Hall–Kier alpha value is -0.300. The minimum Gasteiger partial charge on any atom is -0.330 e. The highest BCUT2D eigenvalue weighted by atomic mass is 14.7. The van der Waals surface area contributed by atoms with Gasteiger partial charge in [0.2, 0.25) is 0 Å². The normalized spacial score (nSPS) is 61.1. The van der Waals surface area contributed by atoms with Crippen molar-refractivity contribution < 1.29 is 0 Å². The predicted molar refractivity (Wildman–Crippen MR) is 40.3 cm³/mol. The van der Waals surface area contributed by atoms with Crippen LogP contribution < -0.4 is 5.73 Å². The Morgan fingerprint density at radius 3 is 2.30 bits per heavy atom. The van der Waals surface area contributed by atoms with E-state index >= 15 is 0 Å². The van der Waals surface area contributed by atoms with Crippen LogP contribution in [0.3, 0.4) is 0 Å². The van der Waals surface area contributed by atoms with Gasteiger partial charge < -0.3 is 5.73 Å². The zero-order chi connectivity index (χ0) is 6.72. The van der Waals surface area contributed by atoms with Gasteiger partial charge in [0, 0.05) is 0 Å². The summed E-state index contributed by atoms with van der Waals surface area (Å²) in [6, 6.07) is 0. The minimum atomic E-state index is 0.902. The maximum Gasteiger partial charge on any atom is -0.00429 e. The van der Waals surface area contributed by atoms with E-state index in [4.69, 9.17) is 5.73 Å². The molecule has 0 amide bonds. The Morgan fingerprint density at radius 1 is 1.20 bits per heavy atom. The quantitative estimate of drug-likeness (QED) is 0.534. The molecule has 3 rings (SSSR count). The van der Waals surface area contributed by atoms with Crippen molar-refractivity contribution in [2.75, 3.05) is 6.54 Å². The van der Waals surface area contributed by atoms with Crippen molar-refractivity contribution >= 4 is 0 Å². The molecule has 10 heavy (non-hydrogen) atoms. The van der Waals surface area contributed by atoms with Gasteiger partial charge in [-0.1, -0.05) is 12.2 Å². The highest BCUT2D eigenvalue weighted by molar-refractivity contribution is 5.23. The lowest BCUT2D eigenvalue weighted by Gasteiger charge is -2.05. The second-order valence-electron chi connectivity index (χ2n) is 4.00. The second-order valence-corrected chi connectivity index (χ2v) is 4.00. The van der Waals surface area contributed by atoms with Crippen LogP contribution in [0.1, 0.15) is 6.42 Å². The Labute approximate surface area is 61.3 Å². The summed E-state index contributed by atoms with van der Waals surface area (Å²) in [5, 5.41) is 0. The summed E-state index contributed by atoms with van der Waals surface area (Å²) in [6.45, 7) is 0.935. The molecule has 2 fully saturated rings. The van der Waals surface area contributed by atoms with Gasteiger partial charge in [0.05, 0.1) is 0 Å². The molecule has 2 bridgehead atoms. The van der Waals surface area contributed by atoms with Crippen LogP contribution in [0.2, 0.25) is 0 Å². The molecule has 2 N–H and O–H groups in total. The van der Waals surface area contributed by atoms with Crippen molar-refractivity contribution in [3.8, 4) is 0 Å². The van der Waals surface area contributed by atoms with Gasteiger partial charge in [-0.3, -0.25) is 0 Å². The van der Waals surface area contributed by atoms with Gasteiger partial charge >= 0.3 is 0 Å². The summed E-state index contributed by atoms with van der Waals surface area (Å²) in [6.07, 6.45) is 6.29. The van der Waals surface area contributed by atoms with Crippen LogP contribution in [-0.4, -0.2) is 6.54 Å². The monoisotopic (exact) mass is 135 g/mol. The SMILES string of the molecule is NCC1C2C3C=CC(C3)C12. The number of nitrogens with two attached hydrogens (primary N) is 1. The first kappa shape index (κ1) is 5.36. The van der Waals surface area contributed by atoms with Gasteiger partial charge in [-0.25, -0.2) is 0 Å². The molecule has 0 saturated heterocycles. The Balaban J connectivity index is 1.89. The zero-order valence-corrected chi connectivity index (χ0v) is 6.03. The molecule has 54 valence electrons. The van der Waals surface area contributed by atoms with Gasteiger partial charge in [-0.15, -0.1) is 0 Å². The molecule has 4 unspecified atom stereocenters. The van der Waals surface area contributed by atoms with Crippen LogP contribution >= 0.6 is 0 Å². The average Bonchev–Trinajstić information content (AvgIpc) is 2.36. The molecule has 3 aliphatic carbocycles. The van der Waals surface area contributed by atoms with Crippen LogP contribution in [0.4, 0.5) is 0 Å². The summed E-state index contributed by atoms with van der Waals surface area (Å²) < 4.78 is 0. The smallest absolute Gasteiger partial charge is 0.00429 e. The third-order valence-corrected chi connectivity index (χ3v) is 3.70. The molecular formula is C9H13N. The summed E-state index contributed by atoms with van der Waals surface area (Å²) in [4.78, 5) is 0. The molecule has 0 heterocycles. The maximum absolute atomic E-state index is 5.65. The van der Waals surface area contributed by atoms with Crippen molar-refractivity contribution in [1.82, 2.24) is 0 Å². The molecule has 0 aromatic carbocycles. The zero-order valence-electron chi connectivity index (χ0n) is 6.03. The predicted octanol–water partition coefficient (Wildman–Crippen LogP) is 1.01.